The quantitative estimate of drug-likeness (QED) is 0.404. The number of rotatable bonds is 3. The van der Waals surface area contributed by atoms with Crippen molar-refractivity contribution in [3.05, 3.63) is 53.8 Å². The second-order valence-electron chi connectivity index (χ2n) is 7.80. The van der Waals surface area contributed by atoms with Crippen molar-refractivity contribution in [2.24, 2.45) is 5.73 Å². The van der Waals surface area contributed by atoms with Crippen LogP contribution in [0, 0.1) is 6.92 Å². The fraction of sp³-hybridized carbons (Fsp3) is 0.400. The molecule has 1 amide bonds. The third kappa shape index (κ3) is 5.51. The molecule has 1 unspecified atom stereocenters. The number of β-lactam (4-membered cyclic amide) rings is 1. The molecule has 1 saturated heterocycles. The summed E-state index contributed by atoms with van der Waals surface area (Å²) < 4.78 is 34.9. The minimum Gasteiger partial charge on any atom is -0.455 e. The van der Waals surface area contributed by atoms with Gasteiger partial charge in [0.05, 0.1) is 4.90 Å². The fourth-order valence-corrected chi connectivity index (χ4v) is 4.49. The van der Waals surface area contributed by atoms with Gasteiger partial charge in [-0.05, 0) is 45.4 Å². The van der Waals surface area contributed by atoms with E-state index in [9.17, 15) is 18.0 Å². The Morgan fingerprint density at radius 1 is 1.33 bits per heavy atom. The highest BCUT2D eigenvalue weighted by atomic mass is 32.2. The number of benzene rings is 1. The smallest absolute Gasteiger partial charge is 0.355 e. The molecular formula is C20H26N2O6S2. The Morgan fingerprint density at radius 2 is 1.90 bits per heavy atom. The monoisotopic (exact) mass is 454 g/mol. The van der Waals surface area contributed by atoms with E-state index in [1.165, 1.54) is 28.8 Å². The zero-order chi connectivity index (χ0) is 22.9. The number of nitrogens with two attached hydrogens (primary N) is 1. The molecule has 1 fully saturated rings. The Balaban J connectivity index is 0.000000248. The van der Waals surface area contributed by atoms with Crippen molar-refractivity contribution in [1.29, 1.82) is 0 Å². The topological polar surface area (TPSA) is 127 Å². The number of amides is 1. The number of carbonyl (C=O) groups excluding carboxylic acids is 2. The Labute approximate surface area is 180 Å². The Kier molecular flexibility index (Phi) is 7.18. The summed E-state index contributed by atoms with van der Waals surface area (Å²) in [5, 5.41) is -0.168. The number of thioether (sulfide) groups is 1. The SMILES string of the molecule is C=CC1=C(C(=O)OC(C)(C)C)N2C(=O)C(N)[C@H]2SC1.Cc1ccc(S(=O)(=O)O)cc1. The van der Waals surface area contributed by atoms with Crippen LogP contribution in [0.2, 0.25) is 0 Å². The average Bonchev–Trinajstić information content (AvgIpc) is 2.64. The van der Waals surface area contributed by atoms with Gasteiger partial charge in [-0.15, -0.1) is 11.8 Å². The van der Waals surface area contributed by atoms with Crippen LogP contribution in [0.3, 0.4) is 0 Å². The number of hydrogen-bond donors (Lipinski definition) is 2. The molecule has 0 aromatic heterocycles. The highest BCUT2D eigenvalue weighted by Crippen LogP contribution is 2.40. The second kappa shape index (κ2) is 8.93. The van der Waals surface area contributed by atoms with Crippen molar-refractivity contribution in [3.63, 3.8) is 0 Å². The van der Waals surface area contributed by atoms with E-state index in [1.807, 2.05) is 6.92 Å². The summed E-state index contributed by atoms with van der Waals surface area (Å²) in [4.78, 5) is 25.5. The fourth-order valence-electron chi connectivity index (χ4n) is 2.72. The zero-order valence-electron chi connectivity index (χ0n) is 17.3. The number of ether oxygens (including phenoxy) is 1. The van der Waals surface area contributed by atoms with Crippen LogP contribution in [0.15, 0.2) is 53.1 Å². The molecule has 1 aromatic carbocycles. The van der Waals surface area contributed by atoms with Crippen molar-refractivity contribution in [2.45, 2.75) is 49.6 Å². The number of aryl methyl sites for hydroxylation is 1. The highest BCUT2D eigenvalue weighted by Gasteiger charge is 2.52. The highest BCUT2D eigenvalue weighted by molar-refractivity contribution is 8.00. The van der Waals surface area contributed by atoms with Gasteiger partial charge in [0.2, 0.25) is 5.91 Å². The number of allylic oxidation sites excluding steroid dienone is 1. The zero-order valence-corrected chi connectivity index (χ0v) is 18.9. The van der Waals surface area contributed by atoms with Crippen LogP contribution >= 0.6 is 11.8 Å². The van der Waals surface area contributed by atoms with Gasteiger partial charge < -0.3 is 10.5 Å². The molecule has 2 atom stereocenters. The summed E-state index contributed by atoms with van der Waals surface area (Å²) in [6, 6.07) is 5.45. The minimum absolute atomic E-state index is 0.0666. The molecule has 0 bridgehead atoms. The van der Waals surface area contributed by atoms with E-state index in [-0.39, 0.29) is 16.2 Å². The first-order valence-corrected chi connectivity index (χ1v) is 11.6. The lowest BCUT2D eigenvalue weighted by atomic mass is 10.0. The van der Waals surface area contributed by atoms with Crippen molar-refractivity contribution in [1.82, 2.24) is 4.90 Å². The largest absolute Gasteiger partial charge is 0.455 e. The lowest BCUT2D eigenvalue weighted by molar-refractivity contribution is -0.157. The van der Waals surface area contributed by atoms with Gasteiger partial charge in [-0.3, -0.25) is 14.2 Å². The van der Waals surface area contributed by atoms with Gasteiger partial charge in [-0.2, -0.15) is 8.42 Å². The average molecular weight is 455 g/mol. The van der Waals surface area contributed by atoms with E-state index in [0.717, 1.165) is 11.1 Å². The lowest BCUT2D eigenvalue weighted by Crippen LogP contribution is -2.68. The number of nitrogens with zero attached hydrogens (tertiary/aromatic N) is 1. The predicted molar refractivity (Wildman–Crippen MR) is 115 cm³/mol. The van der Waals surface area contributed by atoms with Crippen LogP contribution < -0.4 is 5.73 Å². The molecule has 0 saturated carbocycles. The minimum atomic E-state index is -4.02. The maximum Gasteiger partial charge on any atom is 0.355 e. The van der Waals surface area contributed by atoms with E-state index in [4.69, 9.17) is 15.0 Å². The predicted octanol–water partition coefficient (Wildman–Crippen LogP) is 2.25. The molecule has 8 nitrogen and oxygen atoms in total. The summed E-state index contributed by atoms with van der Waals surface area (Å²) in [6.07, 6.45) is 1.60. The van der Waals surface area contributed by atoms with Crippen molar-refractivity contribution < 1.29 is 27.3 Å². The molecule has 2 heterocycles. The van der Waals surface area contributed by atoms with Gasteiger partial charge in [-0.1, -0.05) is 30.4 Å². The van der Waals surface area contributed by atoms with E-state index in [0.29, 0.717) is 11.4 Å². The molecule has 0 radical (unpaired) electrons. The Hall–Kier alpha value is -2.14. The first-order chi connectivity index (χ1) is 13.8. The number of hydrogen-bond acceptors (Lipinski definition) is 7. The van der Waals surface area contributed by atoms with Gasteiger partial charge in [0.15, 0.2) is 0 Å². The molecule has 3 rings (SSSR count). The molecule has 1 aromatic rings. The van der Waals surface area contributed by atoms with Crippen LogP contribution in [0.4, 0.5) is 0 Å². The van der Waals surface area contributed by atoms with Crippen molar-refractivity contribution in [3.8, 4) is 0 Å². The number of fused-ring (bicyclic) bond motifs is 1. The lowest BCUT2D eigenvalue weighted by Gasteiger charge is -2.48. The first-order valence-electron chi connectivity index (χ1n) is 9.09. The molecule has 0 spiro atoms. The first kappa shape index (κ1) is 24.1. The van der Waals surface area contributed by atoms with E-state index < -0.39 is 27.7 Å². The maximum atomic E-state index is 12.3. The molecule has 0 aliphatic carbocycles. The summed E-state index contributed by atoms with van der Waals surface area (Å²) >= 11 is 1.54. The van der Waals surface area contributed by atoms with E-state index in [2.05, 4.69) is 6.58 Å². The summed E-state index contributed by atoms with van der Waals surface area (Å²) in [5.74, 6) is -0.120. The van der Waals surface area contributed by atoms with Crippen molar-refractivity contribution >= 4 is 33.8 Å². The summed E-state index contributed by atoms with van der Waals surface area (Å²) in [6.45, 7) is 10.9. The van der Waals surface area contributed by atoms with Gasteiger partial charge >= 0.3 is 5.97 Å². The maximum absolute atomic E-state index is 12.3. The van der Waals surface area contributed by atoms with Gasteiger partial charge in [0.25, 0.3) is 10.1 Å². The van der Waals surface area contributed by atoms with Gasteiger partial charge in [0, 0.05) is 5.75 Å². The molecular weight excluding hydrogens is 428 g/mol. The van der Waals surface area contributed by atoms with Gasteiger partial charge in [0.1, 0.15) is 22.7 Å². The number of esters is 1. The molecule has 10 heteroatoms. The Bertz CT molecular complexity index is 978. The molecule has 2 aliphatic heterocycles. The molecule has 2 aliphatic rings. The standard InChI is InChI=1S/C13H18N2O3S.C7H8O3S/c1-5-7-6-19-11-8(14)10(16)15(11)9(7)12(17)18-13(2,3)4;1-6-2-4-7(5-3-6)11(8,9)10/h5,8,11H,1,6,14H2,2-4H3;2-5H,1H3,(H,8,9,10)/t8?,11-;/m1./s1. The van der Waals surface area contributed by atoms with Crippen LogP contribution in [-0.2, 0) is 24.4 Å². The third-order valence-corrected chi connectivity index (χ3v) is 6.39. The molecule has 30 heavy (non-hydrogen) atoms. The van der Waals surface area contributed by atoms with Crippen LogP contribution in [-0.4, -0.2) is 52.5 Å². The van der Waals surface area contributed by atoms with E-state index >= 15 is 0 Å². The molecule has 164 valence electrons. The van der Waals surface area contributed by atoms with Crippen molar-refractivity contribution in [2.75, 3.05) is 5.75 Å². The summed E-state index contributed by atoms with van der Waals surface area (Å²) in [7, 11) is -4.02. The normalized spacial score (nSPS) is 21.1. The Morgan fingerprint density at radius 3 is 2.37 bits per heavy atom. The van der Waals surface area contributed by atoms with E-state index in [1.54, 1.807) is 39.0 Å². The van der Waals surface area contributed by atoms with Crippen LogP contribution in [0.25, 0.3) is 0 Å². The van der Waals surface area contributed by atoms with Crippen LogP contribution in [0.1, 0.15) is 26.3 Å². The third-order valence-electron chi connectivity index (χ3n) is 4.20. The molecule has 3 N–H and O–H groups in total. The number of carbonyl (C=O) groups is 2. The second-order valence-corrected chi connectivity index (χ2v) is 10.3. The van der Waals surface area contributed by atoms with Gasteiger partial charge in [-0.25, -0.2) is 4.79 Å². The van der Waals surface area contributed by atoms with Crippen LogP contribution in [0.5, 0.6) is 0 Å². The summed E-state index contributed by atoms with van der Waals surface area (Å²) in [5.41, 5.74) is 7.10.